The minimum Gasteiger partial charge on any atom is -0.478 e. The minimum absolute atomic E-state index is 0.213. The summed E-state index contributed by atoms with van der Waals surface area (Å²) in [6.45, 7) is 3.69. The van der Waals surface area contributed by atoms with Crippen LogP contribution in [0.15, 0.2) is 42.9 Å². The summed E-state index contributed by atoms with van der Waals surface area (Å²) in [6, 6.07) is 7.20. The molecule has 2 aromatic heterocycles. The fourth-order valence-electron chi connectivity index (χ4n) is 2.84. The highest BCUT2D eigenvalue weighted by Crippen LogP contribution is 2.26. The maximum atomic E-state index is 11.5. The first-order valence-electron chi connectivity index (χ1n) is 8.30. The molecule has 1 aromatic carbocycles. The lowest BCUT2D eigenvalue weighted by Gasteiger charge is -2.27. The molecular formula is C18H18N6O2. The molecule has 1 fully saturated rings. The predicted molar refractivity (Wildman–Crippen MR) is 96.6 cm³/mol. The molecule has 0 saturated carbocycles. The van der Waals surface area contributed by atoms with E-state index in [9.17, 15) is 9.90 Å². The third-order valence-corrected chi connectivity index (χ3v) is 4.38. The molecule has 26 heavy (non-hydrogen) atoms. The van der Waals surface area contributed by atoms with Gasteiger partial charge in [-0.05, 0) is 18.6 Å². The number of hydrogen-bond donors (Lipinski definition) is 3. The van der Waals surface area contributed by atoms with Crippen molar-refractivity contribution in [1.82, 2.24) is 25.1 Å². The lowest BCUT2D eigenvalue weighted by molar-refractivity contribution is 0.0697. The number of carbonyl (C=O) groups is 1. The predicted octanol–water partition coefficient (Wildman–Crippen LogP) is 2.23. The summed E-state index contributed by atoms with van der Waals surface area (Å²) in [4.78, 5) is 20.3. The van der Waals surface area contributed by atoms with Crippen molar-refractivity contribution in [2.24, 2.45) is 0 Å². The first-order chi connectivity index (χ1) is 12.6. The van der Waals surface area contributed by atoms with E-state index in [2.05, 4.69) is 25.7 Å². The van der Waals surface area contributed by atoms with E-state index in [0.717, 1.165) is 24.3 Å². The van der Waals surface area contributed by atoms with Crippen molar-refractivity contribution >= 4 is 17.6 Å². The highest BCUT2D eigenvalue weighted by atomic mass is 16.4. The van der Waals surface area contributed by atoms with Gasteiger partial charge in [-0.2, -0.15) is 5.10 Å². The normalized spacial score (nSPS) is 14.0. The number of aryl methyl sites for hydroxylation is 1. The van der Waals surface area contributed by atoms with Crippen molar-refractivity contribution in [3.8, 4) is 11.3 Å². The zero-order valence-corrected chi connectivity index (χ0v) is 14.2. The topological polar surface area (TPSA) is 105 Å². The lowest BCUT2D eigenvalue weighted by Crippen LogP contribution is -2.43. The summed E-state index contributed by atoms with van der Waals surface area (Å²) in [7, 11) is 0. The highest BCUT2D eigenvalue weighted by Gasteiger charge is 2.20. The van der Waals surface area contributed by atoms with Crippen LogP contribution in [0.5, 0.6) is 0 Å². The number of hydrogen-bond acceptors (Lipinski definition) is 6. The van der Waals surface area contributed by atoms with E-state index in [1.165, 1.54) is 0 Å². The molecule has 3 N–H and O–H groups in total. The van der Waals surface area contributed by atoms with E-state index in [1.807, 2.05) is 17.8 Å². The standard InChI is InChI=1S/C18H18N6O2/c1-11-6-20-18(22-12-7-21-24(10-12)13-8-19-9-13)23-16(11)14-4-2-3-5-15(14)17(25)26/h2-7,10,13,19H,8-9H2,1H3,(H,25,26)(H,20,22,23). The van der Waals surface area contributed by atoms with Gasteiger partial charge in [0.2, 0.25) is 5.95 Å². The van der Waals surface area contributed by atoms with Crippen molar-refractivity contribution in [2.45, 2.75) is 13.0 Å². The van der Waals surface area contributed by atoms with E-state index in [4.69, 9.17) is 0 Å². The van der Waals surface area contributed by atoms with Crippen molar-refractivity contribution in [1.29, 1.82) is 0 Å². The van der Waals surface area contributed by atoms with Gasteiger partial charge in [-0.1, -0.05) is 18.2 Å². The number of nitrogens with zero attached hydrogens (tertiary/aromatic N) is 4. The molecule has 8 nitrogen and oxygen atoms in total. The molecule has 1 aliphatic rings. The van der Waals surface area contributed by atoms with Gasteiger partial charge in [-0.25, -0.2) is 14.8 Å². The van der Waals surface area contributed by atoms with Crippen molar-refractivity contribution < 1.29 is 9.90 Å². The Labute approximate surface area is 149 Å². The first kappa shape index (κ1) is 16.2. The number of aromatic nitrogens is 4. The molecule has 0 amide bonds. The largest absolute Gasteiger partial charge is 0.478 e. The Morgan fingerprint density at radius 1 is 1.31 bits per heavy atom. The van der Waals surface area contributed by atoms with Crippen LogP contribution >= 0.6 is 0 Å². The summed E-state index contributed by atoms with van der Waals surface area (Å²) in [5, 5.41) is 20.1. The van der Waals surface area contributed by atoms with Gasteiger partial charge in [0.1, 0.15) is 0 Å². The Morgan fingerprint density at radius 2 is 2.12 bits per heavy atom. The van der Waals surface area contributed by atoms with Gasteiger partial charge in [-0.15, -0.1) is 0 Å². The van der Waals surface area contributed by atoms with Crippen LogP contribution < -0.4 is 10.6 Å². The van der Waals surface area contributed by atoms with Gasteiger partial charge in [0, 0.05) is 31.0 Å². The van der Waals surface area contributed by atoms with Gasteiger partial charge in [0.15, 0.2) is 0 Å². The van der Waals surface area contributed by atoms with E-state index in [0.29, 0.717) is 23.2 Å². The third-order valence-electron chi connectivity index (χ3n) is 4.38. The quantitative estimate of drug-likeness (QED) is 0.648. The molecule has 132 valence electrons. The van der Waals surface area contributed by atoms with E-state index >= 15 is 0 Å². The second-order valence-electron chi connectivity index (χ2n) is 6.22. The molecule has 0 unspecified atom stereocenters. The summed E-state index contributed by atoms with van der Waals surface area (Å²) in [5.41, 5.74) is 2.97. The van der Waals surface area contributed by atoms with Crippen LogP contribution in [0.4, 0.5) is 11.6 Å². The molecule has 0 radical (unpaired) electrons. The van der Waals surface area contributed by atoms with Crippen LogP contribution in [-0.2, 0) is 0 Å². The van der Waals surface area contributed by atoms with Crippen LogP contribution in [0.2, 0.25) is 0 Å². The molecule has 0 bridgehead atoms. The molecular weight excluding hydrogens is 332 g/mol. The third kappa shape index (κ3) is 3.02. The SMILES string of the molecule is Cc1cnc(Nc2cnn(C3CNC3)c2)nc1-c1ccccc1C(=O)O. The average Bonchev–Trinajstić information content (AvgIpc) is 3.03. The summed E-state index contributed by atoms with van der Waals surface area (Å²) < 4.78 is 1.91. The van der Waals surface area contributed by atoms with Crippen LogP contribution in [-0.4, -0.2) is 43.9 Å². The van der Waals surface area contributed by atoms with Crippen LogP contribution in [0, 0.1) is 6.92 Å². The Morgan fingerprint density at radius 3 is 2.85 bits per heavy atom. The maximum absolute atomic E-state index is 11.5. The molecule has 4 rings (SSSR count). The molecule has 1 saturated heterocycles. The zero-order chi connectivity index (χ0) is 18.1. The number of carboxylic acid groups (broad SMARTS) is 1. The number of rotatable bonds is 5. The van der Waals surface area contributed by atoms with Gasteiger partial charge < -0.3 is 15.7 Å². The molecule has 0 spiro atoms. The number of anilines is 2. The summed E-state index contributed by atoms with van der Waals surface area (Å²) >= 11 is 0. The van der Waals surface area contributed by atoms with Crippen molar-refractivity contribution in [3.63, 3.8) is 0 Å². The molecule has 0 atom stereocenters. The van der Waals surface area contributed by atoms with Crippen LogP contribution in [0.3, 0.4) is 0 Å². The number of aromatic carboxylic acids is 1. The zero-order valence-electron chi connectivity index (χ0n) is 14.2. The summed E-state index contributed by atoms with van der Waals surface area (Å²) in [6.07, 6.45) is 5.33. The van der Waals surface area contributed by atoms with Crippen LogP contribution in [0.1, 0.15) is 22.0 Å². The van der Waals surface area contributed by atoms with Crippen LogP contribution in [0.25, 0.3) is 11.3 Å². The number of carboxylic acids is 1. The Kier molecular flexibility index (Phi) is 4.10. The fraction of sp³-hybridized carbons (Fsp3) is 0.222. The van der Waals surface area contributed by atoms with Gasteiger partial charge in [-0.3, -0.25) is 4.68 Å². The van der Waals surface area contributed by atoms with E-state index in [-0.39, 0.29) is 5.56 Å². The first-order valence-corrected chi connectivity index (χ1v) is 8.30. The van der Waals surface area contributed by atoms with E-state index < -0.39 is 5.97 Å². The minimum atomic E-state index is -0.983. The number of benzene rings is 1. The van der Waals surface area contributed by atoms with Crippen molar-refractivity contribution in [2.75, 3.05) is 18.4 Å². The highest BCUT2D eigenvalue weighted by molar-refractivity contribution is 5.95. The number of nitrogens with one attached hydrogen (secondary N) is 2. The average molecular weight is 350 g/mol. The monoisotopic (exact) mass is 350 g/mol. The maximum Gasteiger partial charge on any atom is 0.336 e. The van der Waals surface area contributed by atoms with E-state index in [1.54, 1.807) is 36.7 Å². The van der Waals surface area contributed by atoms with Gasteiger partial charge in [0.05, 0.1) is 29.2 Å². The second-order valence-corrected chi connectivity index (χ2v) is 6.22. The molecule has 1 aliphatic heterocycles. The smallest absolute Gasteiger partial charge is 0.336 e. The second kappa shape index (κ2) is 6.57. The fourth-order valence-corrected chi connectivity index (χ4v) is 2.84. The molecule has 8 heteroatoms. The molecule has 0 aliphatic carbocycles. The Balaban J connectivity index is 1.64. The molecule has 3 aromatic rings. The molecule has 3 heterocycles. The van der Waals surface area contributed by atoms with Gasteiger partial charge >= 0.3 is 5.97 Å². The van der Waals surface area contributed by atoms with Gasteiger partial charge in [0.25, 0.3) is 0 Å². The lowest BCUT2D eigenvalue weighted by atomic mass is 10.0. The summed E-state index contributed by atoms with van der Waals surface area (Å²) in [5.74, 6) is -0.583. The van der Waals surface area contributed by atoms with Crippen molar-refractivity contribution in [3.05, 3.63) is 54.0 Å². The Hall–Kier alpha value is -3.26. The Bertz CT molecular complexity index is 964.